The van der Waals surface area contributed by atoms with Crippen molar-refractivity contribution in [3.63, 3.8) is 0 Å². The predicted octanol–water partition coefficient (Wildman–Crippen LogP) is 2.90. The Morgan fingerprint density at radius 3 is 2.79 bits per heavy atom. The Kier molecular flexibility index (Phi) is 7.17. The van der Waals surface area contributed by atoms with E-state index in [1.54, 1.807) is 26.1 Å². The monoisotopic (exact) mass is 447 g/mol. The lowest BCUT2D eigenvalue weighted by Gasteiger charge is -2.27. The molecular weight excluding hydrogens is 414 g/mol. The molecule has 1 heterocycles. The smallest absolute Gasteiger partial charge is 0.243 e. The Morgan fingerprint density at radius 1 is 1.18 bits per heavy atom. The van der Waals surface area contributed by atoms with Crippen molar-refractivity contribution in [1.82, 2.24) is 20.5 Å². The number of nitrogens with one attached hydrogen (secondary N) is 3. The molecule has 4 rings (SSSR count). The molecule has 1 aliphatic rings. The number of aromatic amines is 1. The molecule has 174 valence electrons. The van der Waals surface area contributed by atoms with Gasteiger partial charge in [0, 0.05) is 43.8 Å². The highest BCUT2D eigenvalue weighted by Crippen LogP contribution is 2.28. The van der Waals surface area contributed by atoms with E-state index in [1.807, 2.05) is 18.3 Å². The summed E-state index contributed by atoms with van der Waals surface area (Å²) in [5, 5.41) is 8.12. The zero-order valence-corrected chi connectivity index (χ0v) is 19.6. The summed E-state index contributed by atoms with van der Waals surface area (Å²) in [6.45, 7) is 0.808. The molecule has 1 atom stereocenters. The van der Waals surface area contributed by atoms with E-state index in [4.69, 9.17) is 4.74 Å². The number of aromatic nitrogens is 1. The first-order valence-corrected chi connectivity index (χ1v) is 11.5. The van der Waals surface area contributed by atoms with E-state index >= 15 is 0 Å². The zero-order valence-electron chi connectivity index (χ0n) is 19.6. The molecule has 0 bridgehead atoms. The van der Waals surface area contributed by atoms with E-state index < -0.39 is 0 Å². The number of nitrogens with zero attached hydrogens (tertiary/aromatic N) is 2. The van der Waals surface area contributed by atoms with Gasteiger partial charge in [0.2, 0.25) is 5.91 Å². The van der Waals surface area contributed by atoms with Crippen LogP contribution in [0.5, 0.6) is 5.75 Å². The second-order valence-corrected chi connectivity index (χ2v) is 8.68. The average molecular weight is 448 g/mol. The third-order valence-electron chi connectivity index (χ3n) is 6.21. The normalized spacial score (nSPS) is 15.7. The van der Waals surface area contributed by atoms with Crippen LogP contribution in [0.15, 0.2) is 53.7 Å². The number of rotatable bonds is 7. The molecule has 1 unspecified atom stereocenters. The van der Waals surface area contributed by atoms with Gasteiger partial charge in [-0.15, -0.1) is 0 Å². The molecule has 0 spiro atoms. The van der Waals surface area contributed by atoms with Crippen molar-refractivity contribution in [2.75, 3.05) is 34.3 Å². The lowest BCUT2D eigenvalue weighted by atomic mass is 9.88. The van der Waals surface area contributed by atoms with E-state index in [0.717, 1.165) is 42.3 Å². The van der Waals surface area contributed by atoms with E-state index in [2.05, 4.69) is 50.9 Å². The molecule has 3 aromatic rings. The van der Waals surface area contributed by atoms with Crippen LogP contribution in [0, 0.1) is 0 Å². The molecule has 0 saturated carbocycles. The van der Waals surface area contributed by atoms with Gasteiger partial charge in [-0.2, -0.15) is 0 Å². The number of carbonyl (C=O) groups excluding carboxylic acids is 1. The van der Waals surface area contributed by atoms with Crippen LogP contribution in [0.25, 0.3) is 10.9 Å². The van der Waals surface area contributed by atoms with Crippen LogP contribution in [0.3, 0.4) is 0 Å². The number of H-pyrrole nitrogens is 1. The van der Waals surface area contributed by atoms with Gasteiger partial charge in [-0.1, -0.05) is 30.3 Å². The lowest BCUT2D eigenvalue weighted by molar-refractivity contribution is -0.127. The summed E-state index contributed by atoms with van der Waals surface area (Å²) in [5.74, 6) is 1.53. The maximum Gasteiger partial charge on any atom is 0.243 e. The molecule has 7 nitrogen and oxygen atoms in total. The van der Waals surface area contributed by atoms with Crippen LogP contribution in [-0.4, -0.2) is 62.1 Å². The van der Waals surface area contributed by atoms with E-state index in [0.29, 0.717) is 12.5 Å². The molecule has 7 heteroatoms. The Balaban J connectivity index is 1.43. The molecule has 1 aromatic heterocycles. The zero-order chi connectivity index (χ0) is 23.2. The molecule has 2 aromatic carbocycles. The average Bonchev–Trinajstić information content (AvgIpc) is 3.25. The molecule has 3 N–H and O–H groups in total. The number of guanidine groups is 1. The largest absolute Gasteiger partial charge is 0.496 e. The first-order chi connectivity index (χ1) is 16.0. The third-order valence-corrected chi connectivity index (χ3v) is 6.21. The second kappa shape index (κ2) is 10.4. The quantitative estimate of drug-likeness (QED) is 0.384. The SMILES string of the molecule is COc1cccc2[nH]cc(CCNC(=NCC(=O)N(C)C)NC3CCc4ccccc4C3)c12. The number of fused-ring (bicyclic) bond motifs is 2. The maximum absolute atomic E-state index is 12.1. The summed E-state index contributed by atoms with van der Waals surface area (Å²) in [7, 11) is 5.20. The number of likely N-dealkylation sites (N-methyl/N-ethyl adjacent to an activating group) is 1. The number of methoxy groups -OCH3 is 1. The number of ether oxygens (including phenoxy) is 1. The first kappa shape index (κ1) is 22.7. The summed E-state index contributed by atoms with van der Waals surface area (Å²) in [6, 6.07) is 14.9. The second-order valence-electron chi connectivity index (χ2n) is 8.68. The Labute approximate surface area is 195 Å². The van der Waals surface area contributed by atoms with Crippen LogP contribution in [-0.2, 0) is 24.1 Å². The van der Waals surface area contributed by atoms with Crippen molar-refractivity contribution >= 4 is 22.8 Å². The topological polar surface area (TPSA) is 81.7 Å². The summed E-state index contributed by atoms with van der Waals surface area (Å²) in [5.41, 5.74) is 5.06. The maximum atomic E-state index is 12.1. The van der Waals surface area contributed by atoms with Gasteiger partial charge in [-0.05, 0) is 54.5 Å². The van der Waals surface area contributed by atoms with Crippen LogP contribution in [0.4, 0.5) is 0 Å². The summed E-state index contributed by atoms with van der Waals surface area (Å²) >= 11 is 0. The number of hydrogen-bond donors (Lipinski definition) is 3. The number of aryl methyl sites for hydroxylation is 1. The first-order valence-electron chi connectivity index (χ1n) is 11.5. The molecule has 1 amide bonds. The fourth-order valence-corrected chi connectivity index (χ4v) is 4.36. The standard InChI is InChI=1S/C26H33N5O2/c1-31(2)24(32)17-29-26(30-21-12-11-18-7-4-5-8-19(18)15-21)27-14-13-20-16-28-22-9-6-10-23(33-3)25(20)22/h4-10,16,21,28H,11-15,17H2,1-3H3,(H2,27,29,30). The van der Waals surface area contributed by atoms with Crippen molar-refractivity contribution in [3.8, 4) is 5.75 Å². The number of hydrogen-bond acceptors (Lipinski definition) is 3. The minimum atomic E-state index is -0.0218. The number of carbonyl (C=O) groups is 1. The van der Waals surface area contributed by atoms with Crippen molar-refractivity contribution in [2.24, 2.45) is 4.99 Å². The van der Waals surface area contributed by atoms with Gasteiger partial charge in [0.05, 0.1) is 7.11 Å². The highest BCUT2D eigenvalue weighted by atomic mass is 16.5. The third kappa shape index (κ3) is 5.48. The predicted molar refractivity (Wildman–Crippen MR) is 133 cm³/mol. The van der Waals surface area contributed by atoms with Crippen LogP contribution >= 0.6 is 0 Å². The van der Waals surface area contributed by atoms with Crippen LogP contribution in [0.1, 0.15) is 23.1 Å². The minimum absolute atomic E-state index is 0.0218. The summed E-state index contributed by atoms with van der Waals surface area (Å²) in [6.07, 6.45) is 5.88. The van der Waals surface area contributed by atoms with Crippen molar-refractivity contribution in [1.29, 1.82) is 0 Å². The molecule has 0 fully saturated rings. The minimum Gasteiger partial charge on any atom is -0.496 e. The van der Waals surface area contributed by atoms with Gasteiger partial charge in [0.1, 0.15) is 12.3 Å². The summed E-state index contributed by atoms with van der Waals surface area (Å²) in [4.78, 5) is 21.6. The molecule has 1 aliphatic carbocycles. The highest BCUT2D eigenvalue weighted by Gasteiger charge is 2.19. The van der Waals surface area contributed by atoms with E-state index in [-0.39, 0.29) is 18.5 Å². The Hall–Kier alpha value is -3.48. The van der Waals surface area contributed by atoms with E-state index in [9.17, 15) is 4.79 Å². The Morgan fingerprint density at radius 2 is 2.00 bits per heavy atom. The van der Waals surface area contributed by atoms with Crippen molar-refractivity contribution in [3.05, 3.63) is 65.4 Å². The van der Waals surface area contributed by atoms with E-state index in [1.165, 1.54) is 16.7 Å². The molecule has 0 aliphatic heterocycles. The van der Waals surface area contributed by atoms with Gasteiger partial charge in [0.15, 0.2) is 5.96 Å². The fourth-order valence-electron chi connectivity index (χ4n) is 4.36. The van der Waals surface area contributed by atoms with Gasteiger partial charge < -0.3 is 25.3 Å². The Bertz CT molecular complexity index is 1130. The molecule has 0 saturated heterocycles. The van der Waals surface area contributed by atoms with Gasteiger partial charge >= 0.3 is 0 Å². The number of benzene rings is 2. The molecular formula is C26H33N5O2. The number of aliphatic imine (C=N–C) groups is 1. The van der Waals surface area contributed by atoms with Gasteiger partial charge in [-0.25, -0.2) is 4.99 Å². The highest BCUT2D eigenvalue weighted by molar-refractivity contribution is 5.89. The van der Waals surface area contributed by atoms with Crippen molar-refractivity contribution < 1.29 is 9.53 Å². The fraction of sp³-hybridized carbons (Fsp3) is 0.385. The number of amides is 1. The van der Waals surface area contributed by atoms with Crippen LogP contribution < -0.4 is 15.4 Å². The lowest BCUT2D eigenvalue weighted by Crippen LogP contribution is -2.46. The summed E-state index contributed by atoms with van der Waals surface area (Å²) < 4.78 is 5.55. The molecule has 0 radical (unpaired) electrons. The van der Waals surface area contributed by atoms with Gasteiger partial charge in [0.25, 0.3) is 0 Å². The van der Waals surface area contributed by atoms with Gasteiger partial charge in [-0.3, -0.25) is 4.79 Å². The molecule has 33 heavy (non-hydrogen) atoms. The van der Waals surface area contributed by atoms with Crippen molar-refractivity contribution in [2.45, 2.75) is 31.7 Å². The van der Waals surface area contributed by atoms with Crippen LogP contribution in [0.2, 0.25) is 0 Å².